The second-order valence-electron chi connectivity index (χ2n) is 17.6. The summed E-state index contributed by atoms with van der Waals surface area (Å²) in [4.78, 5) is 2.67. The zero-order valence-corrected chi connectivity index (χ0v) is 32.0. The number of anilines is 2. The maximum atomic E-state index is 6.74. The van der Waals surface area contributed by atoms with Gasteiger partial charge in [-0.2, -0.15) is 0 Å². The summed E-state index contributed by atoms with van der Waals surface area (Å²) in [6, 6.07) is 50.1. The van der Waals surface area contributed by atoms with Gasteiger partial charge < -0.3 is 13.8 Å². The number of furan rings is 1. The number of aryl methyl sites for hydroxylation is 1. The van der Waals surface area contributed by atoms with E-state index in [1.807, 2.05) is 0 Å². The second kappa shape index (κ2) is 10.6. The van der Waals surface area contributed by atoms with Gasteiger partial charge in [0.05, 0.1) is 11.0 Å². The highest BCUT2D eigenvalue weighted by molar-refractivity contribution is 6.93. The highest BCUT2D eigenvalue weighted by Gasteiger charge is 2.45. The quantitative estimate of drug-likeness (QED) is 0.167. The fourth-order valence-electron chi connectivity index (χ4n) is 10.6. The van der Waals surface area contributed by atoms with Gasteiger partial charge in [0.1, 0.15) is 11.3 Å². The van der Waals surface area contributed by atoms with Crippen molar-refractivity contribution < 1.29 is 4.42 Å². The summed E-state index contributed by atoms with van der Waals surface area (Å²) in [7, 11) is 0. The normalized spacial score (nSPS) is 16.2. The smallest absolute Gasteiger partial charge is 0.333 e. The molecule has 264 valence electrons. The summed E-state index contributed by atoms with van der Waals surface area (Å²) in [5, 5.41) is 6.28. The van der Waals surface area contributed by atoms with E-state index in [0.29, 0.717) is 0 Å². The van der Waals surface area contributed by atoms with Crippen LogP contribution in [0.2, 0.25) is 0 Å². The van der Waals surface area contributed by atoms with Crippen LogP contribution >= 0.6 is 0 Å². The Morgan fingerprint density at radius 3 is 2.16 bits per heavy atom. The Labute approximate surface area is 321 Å². The summed E-state index contributed by atoms with van der Waals surface area (Å²) in [6.07, 6.45) is 2.38. The van der Waals surface area contributed by atoms with Crippen LogP contribution in [-0.2, 0) is 10.8 Å². The molecule has 0 fully saturated rings. The molecule has 0 saturated carbocycles. The van der Waals surface area contributed by atoms with Crippen LogP contribution in [0.15, 0.2) is 138 Å². The van der Waals surface area contributed by atoms with Crippen molar-refractivity contribution in [1.82, 2.24) is 4.57 Å². The van der Waals surface area contributed by atoms with Gasteiger partial charge in [-0.05, 0) is 111 Å². The lowest BCUT2D eigenvalue weighted by molar-refractivity contribution is 0.332. The molecule has 9 aromatic rings. The molecule has 0 amide bonds. The van der Waals surface area contributed by atoms with Crippen LogP contribution in [-0.4, -0.2) is 11.4 Å². The minimum atomic E-state index is -0.0496. The fraction of sp³-hybridized carbons (Fsp3) is 0.176. The zero-order valence-electron chi connectivity index (χ0n) is 32.0. The number of hydrogen-bond donors (Lipinski definition) is 0. The van der Waals surface area contributed by atoms with Gasteiger partial charge in [-0.15, -0.1) is 0 Å². The minimum Gasteiger partial charge on any atom is -0.456 e. The van der Waals surface area contributed by atoms with Gasteiger partial charge >= 0.3 is 6.85 Å². The van der Waals surface area contributed by atoms with E-state index in [9.17, 15) is 0 Å². The number of fused-ring (bicyclic) bond motifs is 11. The highest BCUT2D eigenvalue weighted by Crippen LogP contribution is 2.50. The molecule has 1 aliphatic carbocycles. The number of hydrogen-bond acceptors (Lipinski definition) is 2. The first-order valence-electron chi connectivity index (χ1n) is 19.8. The van der Waals surface area contributed by atoms with Crippen LogP contribution in [0.25, 0.3) is 71.7 Å². The minimum absolute atomic E-state index is 0.0496. The molecule has 0 radical (unpaired) electrons. The van der Waals surface area contributed by atoms with Crippen LogP contribution in [0, 0.1) is 6.92 Å². The van der Waals surface area contributed by atoms with E-state index in [4.69, 9.17) is 4.42 Å². The molecule has 3 aliphatic rings. The summed E-state index contributed by atoms with van der Waals surface area (Å²) in [5.41, 5.74) is 18.0. The molecule has 0 bridgehead atoms. The average molecular weight is 709 g/mol. The van der Waals surface area contributed by atoms with Crippen LogP contribution < -0.4 is 15.7 Å². The third kappa shape index (κ3) is 4.17. The predicted molar refractivity (Wildman–Crippen MR) is 233 cm³/mol. The molecule has 4 heteroatoms. The zero-order chi connectivity index (χ0) is 37.0. The van der Waals surface area contributed by atoms with Crippen LogP contribution in [0.4, 0.5) is 11.4 Å². The summed E-state index contributed by atoms with van der Waals surface area (Å²) < 4.78 is 9.31. The van der Waals surface area contributed by atoms with Gasteiger partial charge in [-0.25, -0.2) is 0 Å². The monoisotopic (exact) mass is 708 g/mol. The molecule has 0 spiro atoms. The first-order chi connectivity index (χ1) is 26.7. The van der Waals surface area contributed by atoms with Gasteiger partial charge in [0, 0.05) is 50.4 Å². The molecule has 3 nitrogen and oxygen atoms in total. The van der Waals surface area contributed by atoms with E-state index in [2.05, 4.69) is 177 Å². The van der Waals surface area contributed by atoms with Crippen molar-refractivity contribution in [1.29, 1.82) is 0 Å². The molecule has 4 heterocycles. The largest absolute Gasteiger partial charge is 0.456 e. The first-order valence-corrected chi connectivity index (χ1v) is 19.8. The van der Waals surface area contributed by atoms with E-state index in [-0.39, 0.29) is 17.7 Å². The topological polar surface area (TPSA) is 21.3 Å². The SMILES string of the molecule is Cc1cc2c3c4c1c1cc5ccccc5cc1n4-c1cc4oc(-c5ccccc5)cc4cc1B3N(c1ccc3c(c1)C(C)(C)CCC3(C)C)c1ccccc1-2. The summed E-state index contributed by atoms with van der Waals surface area (Å²) in [6.45, 7) is 12.0. The van der Waals surface area contributed by atoms with Gasteiger partial charge in [-0.1, -0.05) is 119 Å². The Hall–Kier alpha value is -6.00. The van der Waals surface area contributed by atoms with Crippen molar-refractivity contribution in [2.24, 2.45) is 0 Å². The molecule has 2 aliphatic heterocycles. The van der Waals surface area contributed by atoms with Crippen molar-refractivity contribution in [3.8, 4) is 28.1 Å². The highest BCUT2D eigenvalue weighted by atomic mass is 16.3. The van der Waals surface area contributed by atoms with Gasteiger partial charge in [0.2, 0.25) is 0 Å². The molecule has 2 aromatic heterocycles. The molecule has 0 atom stereocenters. The van der Waals surface area contributed by atoms with Crippen molar-refractivity contribution in [2.75, 3.05) is 4.81 Å². The Kier molecular flexibility index (Phi) is 6.05. The standard InChI is InChI=1S/C51H41BN2O/c1-30-23-37-36-17-11-12-18-42(36)54(35-19-20-39-40(28-35)51(4,5)22-21-50(39,2)3)52-41-25-34-27-45(31-13-7-6-8-14-31)55-46(34)29-44(41)53-43-26-33-16-10-9-15-32(33)24-38(43)47(30)49(53)48(37)52/h6-20,23-29H,21-22H2,1-5H3. The van der Waals surface area contributed by atoms with Gasteiger partial charge in [0.15, 0.2) is 0 Å². The number of benzene rings is 7. The Balaban J connectivity index is 1.23. The molecule has 0 saturated heterocycles. The Morgan fingerprint density at radius 1 is 0.618 bits per heavy atom. The Morgan fingerprint density at radius 2 is 1.35 bits per heavy atom. The Bertz CT molecular complexity index is 3130. The molecule has 0 unspecified atom stereocenters. The number of para-hydroxylation sites is 1. The number of aromatic nitrogens is 1. The average Bonchev–Trinajstić information content (AvgIpc) is 3.77. The second-order valence-corrected chi connectivity index (χ2v) is 17.6. The molecule has 12 rings (SSSR count). The van der Waals surface area contributed by atoms with Crippen molar-refractivity contribution >= 4 is 72.7 Å². The van der Waals surface area contributed by atoms with E-state index >= 15 is 0 Å². The van der Waals surface area contributed by atoms with E-state index in [0.717, 1.165) is 22.3 Å². The van der Waals surface area contributed by atoms with Crippen molar-refractivity contribution in [3.05, 3.63) is 150 Å². The van der Waals surface area contributed by atoms with Crippen LogP contribution in [0.3, 0.4) is 0 Å². The van der Waals surface area contributed by atoms with Crippen molar-refractivity contribution in [3.63, 3.8) is 0 Å². The summed E-state index contributed by atoms with van der Waals surface area (Å²) >= 11 is 0. The van der Waals surface area contributed by atoms with Gasteiger partial charge in [0.25, 0.3) is 0 Å². The number of rotatable bonds is 2. The lowest BCUT2D eigenvalue weighted by Gasteiger charge is -2.45. The van der Waals surface area contributed by atoms with Crippen LogP contribution in [0.1, 0.15) is 57.2 Å². The molecular weight excluding hydrogens is 667 g/mol. The molecule has 0 N–H and O–H groups in total. The van der Waals surface area contributed by atoms with E-state index < -0.39 is 0 Å². The maximum Gasteiger partial charge on any atom is 0.333 e. The summed E-state index contributed by atoms with van der Waals surface area (Å²) in [5.74, 6) is 0.894. The van der Waals surface area contributed by atoms with Gasteiger partial charge in [-0.3, -0.25) is 0 Å². The third-order valence-electron chi connectivity index (χ3n) is 13.5. The molecule has 55 heavy (non-hydrogen) atoms. The first kappa shape index (κ1) is 31.4. The van der Waals surface area contributed by atoms with Crippen LogP contribution in [0.5, 0.6) is 0 Å². The van der Waals surface area contributed by atoms with Crippen molar-refractivity contribution in [2.45, 2.75) is 58.3 Å². The predicted octanol–water partition coefficient (Wildman–Crippen LogP) is 12.2. The number of nitrogens with zero attached hydrogens (tertiary/aromatic N) is 2. The third-order valence-corrected chi connectivity index (χ3v) is 13.5. The maximum absolute atomic E-state index is 6.74. The lowest BCUT2D eigenvalue weighted by atomic mass is 9.43. The molecular formula is C51H41BN2O. The van der Waals surface area contributed by atoms with E-state index in [1.165, 1.54) is 101 Å². The molecule has 7 aromatic carbocycles. The lowest BCUT2D eigenvalue weighted by Crippen LogP contribution is -2.60. The fourth-order valence-corrected chi connectivity index (χ4v) is 10.6. The van der Waals surface area contributed by atoms with E-state index in [1.54, 1.807) is 0 Å².